The van der Waals surface area contributed by atoms with Crippen molar-refractivity contribution in [1.29, 1.82) is 0 Å². The van der Waals surface area contributed by atoms with Crippen molar-refractivity contribution < 1.29 is 9.90 Å². The van der Waals surface area contributed by atoms with Gasteiger partial charge in [0.15, 0.2) is 0 Å². The molecule has 1 unspecified atom stereocenters. The maximum Gasteiger partial charge on any atom is 0.224 e. The number of nitrogens with zero attached hydrogens (tertiary/aromatic N) is 4. The van der Waals surface area contributed by atoms with Crippen LogP contribution in [0.4, 0.5) is 0 Å². The quantitative estimate of drug-likeness (QED) is 0.786. The van der Waals surface area contributed by atoms with Crippen LogP contribution in [0.1, 0.15) is 25.7 Å². The Labute approximate surface area is 100 Å². The van der Waals surface area contributed by atoms with Crippen molar-refractivity contribution in [3.05, 3.63) is 12.4 Å². The smallest absolute Gasteiger partial charge is 0.224 e. The van der Waals surface area contributed by atoms with Gasteiger partial charge in [-0.25, -0.2) is 0 Å². The van der Waals surface area contributed by atoms with Gasteiger partial charge in [0.1, 0.15) is 0 Å². The molecule has 1 aliphatic rings. The molecule has 1 aliphatic heterocycles. The zero-order valence-electron chi connectivity index (χ0n) is 9.83. The summed E-state index contributed by atoms with van der Waals surface area (Å²) in [6, 6.07) is 0.225. The Morgan fingerprint density at radius 2 is 2.41 bits per heavy atom. The highest BCUT2D eigenvalue weighted by molar-refractivity contribution is 5.76. The van der Waals surface area contributed by atoms with Crippen molar-refractivity contribution in [2.75, 3.05) is 13.2 Å². The van der Waals surface area contributed by atoms with Crippen molar-refractivity contribution in [2.24, 2.45) is 0 Å². The summed E-state index contributed by atoms with van der Waals surface area (Å²) in [5.74, 6) is 0.149. The van der Waals surface area contributed by atoms with Gasteiger partial charge in [0.2, 0.25) is 5.91 Å². The number of aliphatic hydroxyl groups excluding tert-OH is 1. The lowest BCUT2D eigenvalue weighted by molar-refractivity contribution is -0.132. The maximum absolute atomic E-state index is 12.0. The fraction of sp³-hybridized carbons (Fsp3) is 0.727. The molecule has 1 aromatic heterocycles. The number of rotatable bonds is 5. The van der Waals surface area contributed by atoms with E-state index in [9.17, 15) is 4.79 Å². The van der Waals surface area contributed by atoms with Gasteiger partial charge in [-0.15, -0.1) is 5.10 Å². The monoisotopic (exact) mass is 238 g/mol. The van der Waals surface area contributed by atoms with E-state index in [0.717, 1.165) is 19.4 Å². The van der Waals surface area contributed by atoms with Crippen molar-refractivity contribution in [2.45, 2.75) is 38.3 Å². The van der Waals surface area contributed by atoms with E-state index in [2.05, 4.69) is 10.3 Å². The van der Waals surface area contributed by atoms with Gasteiger partial charge in [-0.3, -0.25) is 9.48 Å². The topological polar surface area (TPSA) is 71.2 Å². The van der Waals surface area contributed by atoms with Crippen LogP contribution in [0.15, 0.2) is 12.4 Å². The molecule has 0 spiro atoms. The molecule has 1 N–H and O–H groups in total. The van der Waals surface area contributed by atoms with Crippen LogP contribution in [0, 0.1) is 0 Å². The standard InChI is InChI=1S/C11H18N4O2/c16-9-4-10-2-1-6-15(10)11(17)3-7-14-8-5-12-13-14/h5,8,10,16H,1-4,6-7,9H2. The molecular weight excluding hydrogens is 220 g/mol. The van der Waals surface area contributed by atoms with Crippen LogP contribution >= 0.6 is 0 Å². The van der Waals surface area contributed by atoms with Crippen molar-refractivity contribution in [1.82, 2.24) is 19.9 Å². The summed E-state index contributed by atoms with van der Waals surface area (Å²) >= 11 is 0. The summed E-state index contributed by atoms with van der Waals surface area (Å²) in [7, 11) is 0. The summed E-state index contributed by atoms with van der Waals surface area (Å²) in [5.41, 5.74) is 0. The van der Waals surface area contributed by atoms with E-state index in [1.165, 1.54) is 0 Å². The molecule has 0 bridgehead atoms. The molecule has 6 nitrogen and oxygen atoms in total. The molecule has 1 atom stereocenters. The molecule has 0 radical (unpaired) electrons. The van der Waals surface area contributed by atoms with Gasteiger partial charge in [-0.1, -0.05) is 5.21 Å². The first-order valence-electron chi connectivity index (χ1n) is 6.05. The minimum Gasteiger partial charge on any atom is -0.396 e. The second-order valence-electron chi connectivity index (χ2n) is 4.31. The van der Waals surface area contributed by atoms with E-state index < -0.39 is 0 Å². The lowest BCUT2D eigenvalue weighted by Crippen LogP contribution is -2.36. The Bertz CT molecular complexity index is 352. The van der Waals surface area contributed by atoms with E-state index >= 15 is 0 Å². The van der Waals surface area contributed by atoms with Gasteiger partial charge in [0.25, 0.3) is 0 Å². The zero-order valence-corrected chi connectivity index (χ0v) is 9.83. The molecule has 2 rings (SSSR count). The van der Waals surface area contributed by atoms with Crippen LogP contribution in [0.5, 0.6) is 0 Å². The minimum atomic E-state index is 0.149. The first-order chi connectivity index (χ1) is 8.31. The van der Waals surface area contributed by atoms with Crippen LogP contribution in [-0.2, 0) is 11.3 Å². The molecule has 1 saturated heterocycles. The summed E-state index contributed by atoms with van der Waals surface area (Å²) in [5, 5.41) is 16.5. The molecule has 1 aromatic rings. The maximum atomic E-state index is 12.0. The first-order valence-corrected chi connectivity index (χ1v) is 6.05. The predicted molar refractivity (Wildman–Crippen MR) is 61.1 cm³/mol. The van der Waals surface area contributed by atoms with Gasteiger partial charge in [0, 0.05) is 31.8 Å². The number of likely N-dealkylation sites (tertiary alicyclic amines) is 1. The third kappa shape index (κ3) is 3.03. The molecule has 17 heavy (non-hydrogen) atoms. The van der Waals surface area contributed by atoms with Gasteiger partial charge in [0.05, 0.1) is 12.7 Å². The number of aromatic nitrogens is 3. The van der Waals surface area contributed by atoms with Crippen LogP contribution in [0.2, 0.25) is 0 Å². The number of hydrogen-bond donors (Lipinski definition) is 1. The Morgan fingerprint density at radius 3 is 3.12 bits per heavy atom. The molecule has 6 heteroatoms. The van der Waals surface area contributed by atoms with Crippen molar-refractivity contribution in [3.8, 4) is 0 Å². The van der Waals surface area contributed by atoms with Crippen LogP contribution in [0.25, 0.3) is 0 Å². The minimum absolute atomic E-state index is 0.149. The summed E-state index contributed by atoms with van der Waals surface area (Å²) < 4.78 is 1.66. The Balaban J connectivity index is 1.82. The second kappa shape index (κ2) is 5.77. The molecular formula is C11H18N4O2. The molecule has 94 valence electrons. The van der Waals surface area contributed by atoms with Crippen molar-refractivity contribution >= 4 is 5.91 Å². The van der Waals surface area contributed by atoms with Crippen LogP contribution < -0.4 is 0 Å². The van der Waals surface area contributed by atoms with Crippen LogP contribution in [0.3, 0.4) is 0 Å². The third-order valence-electron chi connectivity index (χ3n) is 3.19. The Hall–Kier alpha value is -1.43. The fourth-order valence-electron chi connectivity index (χ4n) is 2.32. The van der Waals surface area contributed by atoms with Gasteiger partial charge >= 0.3 is 0 Å². The predicted octanol–water partition coefficient (Wildman–Crippen LogP) is 0.0416. The number of amides is 1. The molecule has 0 saturated carbocycles. The number of aryl methyl sites for hydroxylation is 1. The largest absolute Gasteiger partial charge is 0.396 e. The Morgan fingerprint density at radius 1 is 1.53 bits per heavy atom. The van der Waals surface area contributed by atoms with E-state index in [1.54, 1.807) is 17.1 Å². The molecule has 2 heterocycles. The van der Waals surface area contributed by atoms with E-state index in [4.69, 9.17) is 5.11 Å². The van der Waals surface area contributed by atoms with Crippen molar-refractivity contribution in [3.63, 3.8) is 0 Å². The fourth-order valence-corrected chi connectivity index (χ4v) is 2.32. The zero-order chi connectivity index (χ0) is 12.1. The van der Waals surface area contributed by atoms with E-state index in [0.29, 0.717) is 19.4 Å². The lowest BCUT2D eigenvalue weighted by atomic mass is 10.1. The second-order valence-corrected chi connectivity index (χ2v) is 4.31. The number of hydrogen-bond acceptors (Lipinski definition) is 4. The highest BCUT2D eigenvalue weighted by Crippen LogP contribution is 2.20. The summed E-state index contributed by atoms with van der Waals surface area (Å²) in [6.45, 7) is 1.54. The van der Waals surface area contributed by atoms with Gasteiger partial charge in [-0.2, -0.15) is 0 Å². The molecule has 0 aromatic carbocycles. The van der Waals surface area contributed by atoms with E-state index in [-0.39, 0.29) is 18.6 Å². The number of carbonyl (C=O) groups excluding carboxylic acids is 1. The number of carbonyl (C=O) groups is 1. The highest BCUT2D eigenvalue weighted by Gasteiger charge is 2.27. The van der Waals surface area contributed by atoms with Gasteiger partial charge < -0.3 is 10.0 Å². The highest BCUT2D eigenvalue weighted by atomic mass is 16.3. The first kappa shape index (κ1) is 12.0. The SMILES string of the molecule is O=C(CCn1ccnn1)N1CCCC1CCO. The van der Waals surface area contributed by atoms with Crippen LogP contribution in [-0.4, -0.2) is 50.1 Å². The number of aliphatic hydroxyl groups is 1. The summed E-state index contributed by atoms with van der Waals surface area (Å²) in [6.07, 6.45) is 6.55. The lowest BCUT2D eigenvalue weighted by Gasteiger charge is -2.24. The van der Waals surface area contributed by atoms with Gasteiger partial charge in [-0.05, 0) is 19.3 Å². The average Bonchev–Trinajstić information content (AvgIpc) is 2.97. The van der Waals surface area contributed by atoms with E-state index in [1.807, 2.05) is 4.90 Å². The molecule has 1 amide bonds. The Kier molecular flexibility index (Phi) is 4.08. The third-order valence-corrected chi connectivity index (χ3v) is 3.19. The summed E-state index contributed by atoms with van der Waals surface area (Å²) in [4.78, 5) is 13.9. The molecule has 1 fully saturated rings. The average molecular weight is 238 g/mol. The molecule has 0 aliphatic carbocycles. The normalized spacial score (nSPS) is 19.8.